The Morgan fingerprint density at radius 3 is 2.56 bits per heavy atom. The second-order valence-electron chi connectivity index (χ2n) is 8.44. The van der Waals surface area contributed by atoms with Crippen molar-refractivity contribution in [2.75, 3.05) is 33.9 Å². The van der Waals surface area contributed by atoms with Gasteiger partial charge < -0.3 is 9.47 Å². The van der Waals surface area contributed by atoms with Crippen molar-refractivity contribution in [1.82, 2.24) is 19.9 Å². The Bertz CT molecular complexity index is 976. The number of rotatable bonds is 9. The van der Waals surface area contributed by atoms with Crippen LogP contribution < -0.4 is 4.74 Å². The highest BCUT2D eigenvalue weighted by atomic mass is 16.5. The summed E-state index contributed by atoms with van der Waals surface area (Å²) in [5.74, 6) is 2.20. The van der Waals surface area contributed by atoms with E-state index in [1.54, 1.807) is 14.2 Å². The van der Waals surface area contributed by atoms with Gasteiger partial charge in [0, 0.05) is 62.4 Å². The Kier molecular flexibility index (Phi) is 7.80. The average Bonchev–Trinajstić information content (AvgIpc) is 2.84. The summed E-state index contributed by atoms with van der Waals surface area (Å²) in [5, 5.41) is 0. The lowest BCUT2D eigenvalue weighted by Gasteiger charge is -2.32. The van der Waals surface area contributed by atoms with Crippen LogP contribution in [0.15, 0.2) is 55.0 Å². The molecular formula is C26H32N4O2. The second-order valence-corrected chi connectivity index (χ2v) is 8.44. The number of ether oxygens (including phenoxy) is 2. The molecule has 32 heavy (non-hydrogen) atoms. The first-order chi connectivity index (χ1) is 15.7. The van der Waals surface area contributed by atoms with E-state index in [4.69, 9.17) is 14.5 Å². The average molecular weight is 433 g/mol. The zero-order valence-electron chi connectivity index (χ0n) is 19.0. The van der Waals surface area contributed by atoms with Gasteiger partial charge in [0.05, 0.1) is 13.7 Å². The van der Waals surface area contributed by atoms with Crippen molar-refractivity contribution >= 4 is 0 Å². The quantitative estimate of drug-likeness (QED) is 0.509. The highest BCUT2D eigenvalue weighted by Gasteiger charge is 2.22. The van der Waals surface area contributed by atoms with Gasteiger partial charge in [-0.2, -0.15) is 0 Å². The first-order valence-electron chi connectivity index (χ1n) is 11.3. The van der Waals surface area contributed by atoms with E-state index < -0.39 is 0 Å². The summed E-state index contributed by atoms with van der Waals surface area (Å²) in [4.78, 5) is 16.3. The van der Waals surface area contributed by atoms with Gasteiger partial charge in [-0.1, -0.05) is 18.2 Å². The van der Waals surface area contributed by atoms with Crippen LogP contribution in [0, 0.1) is 0 Å². The lowest BCUT2D eigenvalue weighted by Crippen LogP contribution is -2.34. The molecule has 0 bridgehead atoms. The van der Waals surface area contributed by atoms with Gasteiger partial charge in [-0.05, 0) is 55.1 Å². The predicted octanol–water partition coefficient (Wildman–Crippen LogP) is 4.04. The highest BCUT2D eigenvalue weighted by molar-refractivity contribution is 5.32. The molecule has 1 aliphatic rings. The van der Waals surface area contributed by atoms with E-state index in [1.807, 2.05) is 30.7 Å². The number of hydrogen-bond acceptors (Lipinski definition) is 6. The molecule has 168 valence electrons. The van der Waals surface area contributed by atoms with Crippen molar-refractivity contribution in [1.29, 1.82) is 0 Å². The molecule has 3 heterocycles. The molecule has 6 heteroatoms. The molecule has 4 rings (SSSR count). The summed E-state index contributed by atoms with van der Waals surface area (Å²) in [6.07, 6.45) is 9.92. The topological polar surface area (TPSA) is 60.4 Å². The van der Waals surface area contributed by atoms with Crippen molar-refractivity contribution in [3.63, 3.8) is 0 Å². The van der Waals surface area contributed by atoms with Gasteiger partial charge in [0.2, 0.25) is 0 Å². The molecule has 0 N–H and O–H groups in total. The molecule has 1 fully saturated rings. The van der Waals surface area contributed by atoms with Crippen LogP contribution >= 0.6 is 0 Å². The summed E-state index contributed by atoms with van der Waals surface area (Å²) in [6, 6.07) is 12.6. The second kappa shape index (κ2) is 11.2. The summed E-state index contributed by atoms with van der Waals surface area (Å²) in [5.41, 5.74) is 4.81. The fraction of sp³-hybridized carbons (Fsp3) is 0.423. The van der Waals surface area contributed by atoms with Gasteiger partial charge >= 0.3 is 0 Å². The number of nitrogens with zero attached hydrogens (tertiary/aromatic N) is 4. The summed E-state index contributed by atoms with van der Waals surface area (Å²) < 4.78 is 10.4. The summed E-state index contributed by atoms with van der Waals surface area (Å²) >= 11 is 0. The van der Waals surface area contributed by atoms with Crippen molar-refractivity contribution < 1.29 is 9.47 Å². The molecule has 0 amide bonds. The number of piperidine rings is 1. The molecule has 0 spiro atoms. The van der Waals surface area contributed by atoms with Gasteiger partial charge in [-0.3, -0.25) is 9.88 Å². The van der Waals surface area contributed by atoms with E-state index >= 15 is 0 Å². The Morgan fingerprint density at radius 2 is 1.81 bits per heavy atom. The van der Waals surface area contributed by atoms with Crippen molar-refractivity contribution in [2.24, 2.45) is 0 Å². The molecule has 1 atom stereocenters. The number of benzene rings is 1. The van der Waals surface area contributed by atoms with Crippen LogP contribution in [0.25, 0.3) is 0 Å². The zero-order valence-corrected chi connectivity index (χ0v) is 19.0. The van der Waals surface area contributed by atoms with Crippen molar-refractivity contribution in [3.05, 3.63) is 83.2 Å². The molecule has 0 aliphatic carbocycles. The molecule has 3 aromatic rings. The van der Waals surface area contributed by atoms with E-state index in [-0.39, 0.29) is 0 Å². The minimum atomic E-state index is 0.469. The fourth-order valence-electron chi connectivity index (χ4n) is 4.28. The number of hydrogen-bond donors (Lipinski definition) is 0. The maximum Gasteiger partial charge on any atom is 0.130 e. The smallest absolute Gasteiger partial charge is 0.130 e. The van der Waals surface area contributed by atoms with Crippen LogP contribution in [0.4, 0.5) is 0 Å². The Hall–Kier alpha value is -2.83. The van der Waals surface area contributed by atoms with E-state index in [0.717, 1.165) is 49.6 Å². The standard InChI is InChI=1S/C26H32N4O2/c1-31-12-10-26-28-16-22(17-29-26)18-30-11-4-6-23(19-30)25-9-8-21(15-27-25)13-20-5-3-7-24(14-20)32-2/h3,5,7-9,14-17,23H,4,6,10-13,18-19H2,1-2H3/t23-/m1/s1. The van der Waals surface area contributed by atoms with E-state index in [1.165, 1.54) is 29.7 Å². The molecule has 1 aliphatic heterocycles. The molecule has 1 aromatic carbocycles. The maximum atomic E-state index is 5.33. The molecule has 2 aromatic heterocycles. The Balaban J connectivity index is 1.33. The summed E-state index contributed by atoms with van der Waals surface area (Å²) in [7, 11) is 3.40. The fourth-order valence-corrected chi connectivity index (χ4v) is 4.28. The van der Waals surface area contributed by atoms with Crippen LogP contribution in [0.5, 0.6) is 5.75 Å². The van der Waals surface area contributed by atoms with Gasteiger partial charge in [-0.15, -0.1) is 0 Å². The molecule has 0 unspecified atom stereocenters. The van der Waals surface area contributed by atoms with Crippen LogP contribution in [-0.4, -0.2) is 53.8 Å². The maximum absolute atomic E-state index is 5.33. The van der Waals surface area contributed by atoms with Crippen LogP contribution in [0.2, 0.25) is 0 Å². The molecule has 1 saturated heterocycles. The van der Waals surface area contributed by atoms with Gasteiger partial charge in [0.25, 0.3) is 0 Å². The first-order valence-corrected chi connectivity index (χ1v) is 11.3. The minimum absolute atomic E-state index is 0.469. The van der Waals surface area contributed by atoms with Gasteiger partial charge in [-0.25, -0.2) is 9.97 Å². The molecule has 6 nitrogen and oxygen atoms in total. The van der Waals surface area contributed by atoms with E-state index in [2.05, 4.69) is 39.1 Å². The Labute approximate surface area is 190 Å². The molecule has 0 saturated carbocycles. The highest BCUT2D eigenvalue weighted by Crippen LogP contribution is 2.27. The van der Waals surface area contributed by atoms with Crippen LogP contribution in [-0.2, 0) is 24.1 Å². The van der Waals surface area contributed by atoms with Crippen molar-refractivity contribution in [3.8, 4) is 5.75 Å². The third-order valence-electron chi connectivity index (χ3n) is 6.01. The van der Waals surface area contributed by atoms with Crippen molar-refractivity contribution in [2.45, 2.75) is 38.1 Å². The Morgan fingerprint density at radius 1 is 0.969 bits per heavy atom. The predicted molar refractivity (Wildman–Crippen MR) is 125 cm³/mol. The lowest BCUT2D eigenvalue weighted by molar-refractivity contribution is 0.197. The van der Waals surface area contributed by atoms with E-state index in [0.29, 0.717) is 12.5 Å². The van der Waals surface area contributed by atoms with Gasteiger partial charge in [0.1, 0.15) is 11.6 Å². The van der Waals surface area contributed by atoms with E-state index in [9.17, 15) is 0 Å². The lowest BCUT2D eigenvalue weighted by atomic mass is 9.93. The minimum Gasteiger partial charge on any atom is -0.497 e. The third kappa shape index (κ3) is 6.11. The summed E-state index contributed by atoms with van der Waals surface area (Å²) in [6.45, 7) is 3.66. The SMILES string of the molecule is COCCc1ncc(CN2CCC[C@@H](c3ccc(Cc4cccc(OC)c4)cn3)C2)cn1. The largest absolute Gasteiger partial charge is 0.497 e. The third-order valence-corrected chi connectivity index (χ3v) is 6.01. The first kappa shape index (κ1) is 22.4. The number of aromatic nitrogens is 3. The monoisotopic (exact) mass is 432 g/mol. The normalized spacial score (nSPS) is 16.8. The number of pyridine rings is 1. The molecular weight excluding hydrogens is 400 g/mol. The number of methoxy groups -OCH3 is 2. The van der Waals surface area contributed by atoms with Gasteiger partial charge in [0.15, 0.2) is 0 Å². The zero-order chi connectivity index (χ0) is 22.2. The van der Waals surface area contributed by atoms with Crippen LogP contribution in [0.3, 0.4) is 0 Å². The van der Waals surface area contributed by atoms with Crippen LogP contribution in [0.1, 0.15) is 47.0 Å². The number of likely N-dealkylation sites (tertiary alicyclic amines) is 1. The molecule has 0 radical (unpaired) electrons.